The number of alkyl halides is 1. The number of halogens is 3. The summed E-state index contributed by atoms with van der Waals surface area (Å²) >= 11 is 0. The highest BCUT2D eigenvalue weighted by atomic mass is 19.1. The highest BCUT2D eigenvalue weighted by Crippen LogP contribution is 2.48. The zero-order chi connectivity index (χ0) is 53.8. The molecule has 14 nitrogen and oxygen atoms in total. The maximum absolute atomic E-state index is 14.3. The van der Waals surface area contributed by atoms with Crippen molar-refractivity contribution in [2.45, 2.75) is 38.5 Å². The minimum atomic E-state index is -1.62. The van der Waals surface area contributed by atoms with Crippen LogP contribution in [0.1, 0.15) is 68.1 Å². The molecule has 8 aromatic rings. The van der Waals surface area contributed by atoms with Gasteiger partial charge in [-0.05, 0) is 142 Å². The molecule has 0 saturated heterocycles. The third-order valence-electron chi connectivity index (χ3n) is 14.1. The molecule has 1 aliphatic rings. The largest absolute Gasteiger partial charge is 0.455 e. The summed E-state index contributed by atoms with van der Waals surface area (Å²) in [5.41, 5.74) is 6.40. The second-order valence-corrected chi connectivity index (χ2v) is 19.0. The minimum absolute atomic E-state index is 0.0547. The van der Waals surface area contributed by atoms with Gasteiger partial charge in [0.25, 0.3) is 23.6 Å². The van der Waals surface area contributed by atoms with E-state index in [0.717, 1.165) is 23.2 Å². The Kier molecular flexibility index (Phi) is 15.3. The number of rotatable bonds is 20. The van der Waals surface area contributed by atoms with Crippen LogP contribution in [0.3, 0.4) is 0 Å². The summed E-state index contributed by atoms with van der Waals surface area (Å²) in [5, 5.41) is 31.7. The van der Waals surface area contributed by atoms with E-state index in [4.69, 9.17) is 13.9 Å². The average molecular weight is 1030 g/mol. The Morgan fingerprint density at radius 3 is 1.63 bits per heavy atom. The Bertz CT molecular complexity index is 3490. The fourth-order valence-electron chi connectivity index (χ4n) is 9.90. The van der Waals surface area contributed by atoms with Crippen LogP contribution in [0.25, 0.3) is 66.8 Å². The minimum Gasteiger partial charge on any atom is -0.455 e. The third-order valence-corrected chi connectivity index (χ3v) is 14.1. The molecule has 0 bridgehead atoms. The SMILES string of the molecule is CCNc1cc2oc(-c3ccc(F)cc3)c(C(=O)NC)c2cc1-c1cccc(C(=O)NC(C)(NC)C2CC2CCNc2cc3oc(-c4ccc(F)cc4)c(C(=O)NC)c3cc2-c2cccc(C(=O)NC[C@H](F)CO)c2)c1. The van der Waals surface area contributed by atoms with E-state index in [9.17, 15) is 32.3 Å². The van der Waals surface area contributed by atoms with E-state index in [-0.39, 0.29) is 47.1 Å². The van der Waals surface area contributed by atoms with Crippen LogP contribution in [0.4, 0.5) is 24.5 Å². The van der Waals surface area contributed by atoms with Gasteiger partial charge in [0, 0.05) is 94.8 Å². The fraction of sp³-hybridized carbons (Fsp3) is 0.254. The van der Waals surface area contributed by atoms with Crippen molar-refractivity contribution >= 4 is 56.9 Å². The Morgan fingerprint density at radius 2 is 1.16 bits per heavy atom. The van der Waals surface area contributed by atoms with Crippen LogP contribution in [0.15, 0.2) is 130 Å². The van der Waals surface area contributed by atoms with Gasteiger partial charge >= 0.3 is 0 Å². The number of amides is 4. The molecule has 1 aliphatic carbocycles. The van der Waals surface area contributed by atoms with E-state index in [1.54, 1.807) is 42.5 Å². The molecule has 4 amide bonds. The number of benzene rings is 6. The average Bonchev–Trinajstić information content (AvgIpc) is 4.02. The molecule has 76 heavy (non-hydrogen) atoms. The van der Waals surface area contributed by atoms with Crippen molar-refractivity contribution in [1.29, 1.82) is 0 Å². The quantitative estimate of drug-likeness (QED) is 0.0340. The summed E-state index contributed by atoms with van der Waals surface area (Å²) in [4.78, 5) is 54.4. The number of furan rings is 2. The van der Waals surface area contributed by atoms with E-state index >= 15 is 0 Å². The number of aliphatic hydroxyl groups excluding tert-OH is 1. The normalized spacial score (nSPS) is 15.2. The van der Waals surface area contributed by atoms with Gasteiger partial charge in [-0.1, -0.05) is 24.3 Å². The van der Waals surface area contributed by atoms with Gasteiger partial charge in [-0.2, -0.15) is 0 Å². The first-order chi connectivity index (χ1) is 36.7. The topological polar surface area (TPSA) is 199 Å². The van der Waals surface area contributed by atoms with Crippen LogP contribution < -0.4 is 37.2 Å². The molecule has 1 fully saturated rings. The molecule has 1 saturated carbocycles. The molecule has 17 heteroatoms. The van der Waals surface area contributed by atoms with Gasteiger partial charge in [-0.3, -0.25) is 24.5 Å². The maximum Gasteiger partial charge on any atom is 0.255 e. The molecule has 9 rings (SSSR count). The number of fused-ring (bicyclic) bond motifs is 2. The monoisotopic (exact) mass is 1030 g/mol. The number of carbonyl (C=O) groups is 4. The standard InChI is InChI=1S/C59H58F3N7O7/c1-6-66-47-28-49-44(51(57(73)63-3)53(75-49)32-13-17-39(60)18-14-32)26-42(47)35-10-8-12-38(24-35)56(72)69-59(2,65-5)46-25-36(46)21-22-67-48-29-50-45(52(58(74)64-4)54(76-50)33-15-19-40(61)20-16-33)27-43(48)34-9-7-11-37(23-34)55(71)68-30-41(62)31-70/h7-20,23-24,26-29,36,41,46,65-67,70H,6,21-22,25,30-31H2,1-5H3,(H,63,73)(H,64,74)(H,68,71)(H,69,72)/t36?,41-,46?,59?/m0/s1. The van der Waals surface area contributed by atoms with Crippen LogP contribution in [0.2, 0.25) is 0 Å². The second kappa shape index (κ2) is 22.2. The number of anilines is 2. The summed E-state index contributed by atoms with van der Waals surface area (Å²) in [5.74, 6) is -1.67. The molecule has 6 aromatic carbocycles. The summed E-state index contributed by atoms with van der Waals surface area (Å²) < 4.78 is 54.5. The van der Waals surface area contributed by atoms with E-state index < -0.39 is 41.9 Å². The van der Waals surface area contributed by atoms with Gasteiger partial charge in [0.15, 0.2) is 0 Å². The highest BCUT2D eigenvalue weighted by molar-refractivity contribution is 6.14. The Morgan fingerprint density at radius 1 is 0.658 bits per heavy atom. The fourth-order valence-corrected chi connectivity index (χ4v) is 9.90. The Balaban J connectivity index is 0.957. The van der Waals surface area contributed by atoms with Gasteiger partial charge < -0.3 is 45.8 Å². The lowest BCUT2D eigenvalue weighted by Gasteiger charge is -2.31. The zero-order valence-electron chi connectivity index (χ0n) is 42.6. The summed E-state index contributed by atoms with van der Waals surface area (Å²) in [6.07, 6.45) is -0.101. The summed E-state index contributed by atoms with van der Waals surface area (Å²) in [7, 11) is 4.85. The molecule has 0 spiro atoms. The van der Waals surface area contributed by atoms with Crippen molar-refractivity contribution in [3.8, 4) is 44.9 Å². The lowest BCUT2D eigenvalue weighted by Crippen LogP contribution is -2.57. The van der Waals surface area contributed by atoms with Crippen molar-refractivity contribution in [3.05, 3.63) is 155 Å². The molecule has 2 aromatic heterocycles. The lowest BCUT2D eigenvalue weighted by atomic mass is 9.96. The molecule has 3 unspecified atom stereocenters. The maximum atomic E-state index is 14.3. The lowest BCUT2D eigenvalue weighted by molar-refractivity contribution is 0.0869. The number of aliphatic hydroxyl groups is 1. The van der Waals surface area contributed by atoms with Gasteiger partial charge in [0.2, 0.25) is 0 Å². The molecule has 0 aliphatic heterocycles. The van der Waals surface area contributed by atoms with E-state index in [1.165, 1.54) is 50.5 Å². The first-order valence-electron chi connectivity index (χ1n) is 25.1. The van der Waals surface area contributed by atoms with E-state index in [0.29, 0.717) is 86.3 Å². The van der Waals surface area contributed by atoms with Crippen LogP contribution in [0, 0.1) is 23.5 Å². The first kappa shape index (κ1) is 52.5. The Hall–Kier alpha value is -8.41. The second-order valence-electron chi connectivity index (χ2n) is 19.0. The van der Waals surface area contributed by atoms with Crippen molar-refractivity contribution in [2.75, 3.05) is 58.0 Å². The molecule has 392 valence electrons. The number of hydrogen-bond donors (Lipinski definition) is 8. The van der Waals surface area contributed by atoms with Crippen LogP contribution in [-0.2, 0) is 0 Å². The zero-order valence-corrected chi connectivity index (χ0v) is 42.6. The van der Waals surface area contributed by atoms with Crippen molar-refractivity contribution < 1.29 is 46.3 Å². The number of nitrogens with one attached hydrogen (secondary N) is 7. The predicted octanol–water partition coefficient (Wildman–Crippen LogP) is 10.1. The van der Waals surface area contributed by atoms with E-state index in [1.807, 2.05) is 63.4 Å². The molecular formula is C59H58F3N7O7. The van der Waals surface area contributed by atoms with Crippen LogP contribution >= 0.6 is 0 Å². The number of hydrogen-bond acceptors (Lipinski definition) is 10. The van der Waals surface area contributed by atoms with Crippen LogP contribution in [0.5, 0.6) is 0 Å². The molecule has 8 N–H and O–H groups in total. The van der Waals surface area contributed by atoms with Crippen molar-refractivity contribution in [1.82, 2.24) is 26.6 Å². The summed E-state index contributed by atoms with van der Waals surface area (Å²) in [6, 6.07) is 32.8. The first-order valence-corrected chi connectivity index (χ1v) is 25.1. The van der Waals surface area contributed by atoms with Gasteiger partial charge in [-0.15, -0.1) is 0 Å². The molecule has 4 atom stereocenters. The predicted molar refractivity (Wildman–Crippen MR) is 289 cm³/mol. The van der Waals surface area contributed by atoms with Gasteiger partial charge in [0.1, 0.15) is 40.5 Å². The van der Waals surface area contributed by atoms with Crippen LogP contribution in [-0.4, -0.2) is 88.0 Å². The smallest absolute Gasteiger partial charge is 0.255 e. The van der Waals surface area contributed by atoms with E-state index in [2.05, 4.69) is 37.2 Å². The molecular weight excluding hydrogens is 976 g/mol. The van der Waals surface area contributed by atoms with Crippen molar-refractivity contribution in [3.63, 3.8) is 0 Å². The van der Waals surface area contributed by atoms with Crippen molar-refractivity contribution in [2.24, 2.45) is 11.8 Å². The van der Waals surface area contributed by atoms with Gasteiger partial charge in [0.05, 0.1) is 29.9 Å². The number of carbonyl (C=O) groups excluding carboxylic acids is 4. The summed E-state index contributed by atoms with van der Waals surface area (Å²) in [6.45, 7) is 3.91. The third kappa shape index (κ3) is 10.7. The Labute approximate surface area is 436 Å². The molecule has 2 heterocycles. The molecule has 0 radical (unpaired) electrons. The van der Waals surface area contributed by atoms with Gasteiger partial charge in [-0.25, -0.2) is 13.2 Å². The highest BCUT2D eigenvalue weighted by Gasteiger charge is 2.50.